The zero-order chi connectivity index (χ0) is 10.5. The Hall–Kier alpha value is 0.0300. The Labute approximate surface area is 73.6 Å². The molecule has 0 radical (unpaired) electrons. The highest BCUT2D eigenvalue weighted by Crippen LogP contribution is 2.32. The van der Waals surface area contributed by atoms with Crippen molar-refractivity contribution < 1.29 is 31.5 Å². The average molecular weight is 223 g/mol. The van der Waals surface area contributed by atoms with E-state index >= 15 is 0 Å². The van der Waals surface area contributed by atoms with E-state index in [0.29, 0.717) is 0 Å². The van der Waals surface area contributed by atoms with Gasteiger partial charge in [0.2, 0.25) is 0 Å². The van der Waals surface area contributed by atoms with Gasteiger partial charge in [0.1, 0.15) is 6.61 Å². The Balaban J connectivity index is 3.74. The Kier molecular flexibility index (Phi) is 5.71. The number of halogens is 4. The van der Waals surface area contributed by atoms with E-state index < -0.39 is 27.6 Å². The lowest BCUT2D eigenvalue weighted by atomic mass is 10.4. The van der Waals surface area contributed by atoms with E-state index in [1.54, 1.807) is 0 Å². The minimum Gasteiger partial charge on any atom is -0.786 e. The summed E-state index contributed by atoms with van der Waals surface area (Å²) in [5, 5.41) is 0. The molecule has 1 atom stereocenters. The van der Waals surface area contributed by atoms with Gasteiger partial charge in [-0.25, -0.2) is 8.78 Å². The molecule has 0 aliphatic rings. The summed E-state index contributed by atoms with van der Waals surface area (Å²) >= 11 is 0. The van der Waals surface area contributed by atoms with Crippen molar-refractivity contribution in [3.8, 4) is 0 Å². The number of hydrogen-bond donors (Lipinski definition) is 0. The summed E-state index contributed by atoms with van der Waals surface area (Å²) in [7, 11) is -2.73. The van der Waals surface area contributed by atoms with Crippen LogP contribution in [0.3, 0.4) is 0 Å². The van der Waals surface area contributed by atoms with Crippen LogP contribution in [0.15, 0.2) is 0 Å². The van der Waals surface area contributed by atoms with Gasteiger partial charge < -0.3 is 13.9 Å². The van der Waals surface area contributed by atoms with Crippen molar-refractivity contribution in [2.45, 2.75) is 19.3 Å². The molecule has 0 aromatic carbocycles. The van der Waals surface area contributed by atoms with Crippen LogP contribution in [-0.2, 0) is 9.05 Å². The average Bonchev–Trinajstić information content (AvgIpc) is 2.01. The molecule has 0 fully saturated rings. The molecule has 0 heterocycles. The van der Waals surface area contributed by atoms with Crippen molar-refractivity contribution in [1.29, 1.82) is 0 Å². The van der Waals surface area contributed by atoms with E-state index in [9.17, 15) is 22.5 Å². The summed E-state index contributed by atoms with van der Waals surface area (Å²) in [4.78, 5) is 10.4. The highest BCUT2D eigenvalue weighted by atomic mass is 31.2. The first-order valence-corrected chi connectivity index (χ1v) is 4.38. The second-order valence-corrected chi connectivity index (χ2v) is 2.94. The van der Waals surface area contributed by atoms with E-state index in [2.05, 4.69) is 9.05 Å². The quantitative estimate of drug-likeness (QED) is 0.506. The molecule has 0 amide bonds. The van der Waals surface area contributed by atoms with Crippen molar-refractivity contribution in [2.24, 2.45) is 0 Å². The maximum atomic E-state index is 12.1. The van der Waals surface area contributed by atoms with Crippen LogP contribution in [0, 0.1) is 0 Å². The molecule has 0 aliphatic carbocycles. The monoisotopic (exact) mass is 223 g/mol. The Morgan fingerprint density at radius 3 is 2.31 bits per heavy atom. The molecule has 0 saturated heterocycles. The predicted molar refractivity (Wildman–Crippen MR) is 35.4 cm³/mol. The number of alkyl halides is 4. The van der Waals surface area contributed by atoms with Gasteiger partial charge in [-0.2, -0.15) is 8.78 Å². The summed E-state index contributed by atoms with van der Waals surface area (Å²) in [6, 6.07) is 0. The smallest absolute Gasteiger partial charge is 0.330 e. The topological polar surface area (TPSA) is 41.5 Å². The van der Waals surface area contributed by atoms with Crippen molar-refractivity contribution in [2.75, 3.05) is 13.2 Å². The molecule has 8 heteroatoms. The molecular weight excluding hydrogens is 215 g/mol. The fourth-order valence-electron chi connectivity index (χ4n) is 0.344. The zero-order valence-electron chi connectivity index (χ0n) is 6.68. The van der Waals surface area contributed by atoms with Crippen LogP contribution in [0.1, 0.15) is 6.92 Å². The molecule has 0 aromatic heterocycles. The number of hydrogen-bond acceptors (Lipinski definition) is 3. The molecule has 0 rings (SSSR count). The minimum atomic E-state index is -4.29. The van der Waals surface area contributed by atoms with E-state index in [-0.39, 0.29) is 6.61 Å². The highest BCUT2D eigenvalue weighted by molar-refractivity contribution is 7.39. The van der Waals surface area contributed by atoms with Gasteiger partial charge in [-0.05, 0) is 6.92 Å². The lowest BCUT2D eigenvalue weighted by Crippen LogP contribution is -2.32. The predicted octanol–water partition coefficient (Wildman–Crippen LogP) is 1.53. The molecule has 80 valence electrons. The third kappa shape index (κ3) is 5.36. The summed E-state index contributed by atoms with van der Waals surface area (Å²) in [5.74, 6) is -4.29. The minimum absolute atomic E-state index is 0.00451. The first-order valence-electron chi connectivity index (χ1n) is 3.29. The van der Waals surface area contributed by atoms with E-state index in [0.717, 1.165) is 0 Å². The molecule has 0 spiro atoms. The number of rotatable bonds is 6. The molecule has 0 N–H and O–H groups in total. The Morgan fingerprint density at radius 2 is 1.92 bits per heavy atom. The molecule has 0 saturated carbocycles. The van der Waals surface area contributed by atoms with Crippen molar-refractivity contribution in [3.05, 3.63) is 0 Å². The van der Waals surface area contributed by atoms with Crippen LogP contribution in [0.5, 0.6) is 0 Å². The molecule has 0 bridgehead atoms. The summed E-state index contributed by atoms with van der Waals surface area (Å²) in [5.41, 5.74) is 0. The van der Waals surface area contributed by atoms with Gasteiger partial charge in [0.15, 0.2) is 0 Å². The summed E-state index contributed by atoms with van der Waals surface area (Å²) in [6.07, 6.45) is -3.84. The van der Waals surface area contributed by atoms with Crippen LogP contribution < -0.4 is 4.89 Å². The van der Waals surface area contributed by atoms with Gasteiger partial charge in [0.05, 0.1) is 8.60 Å². The fraction of sp³-hybridized carbons (Fsp3) is 1.00. The van der Waals surface area contributed by atoms with Crippen LogP contribution in [0.25, 0.3) is 0 Å². The molecule has 0 aromatic rings. The van der Waals surface area contributed by atoms with Gasteiger partial charge in [-0.3, -0.25) is 0 Å². The lowest BCUT2D eigenvalue weighted by molar-refractivity contribution is -0.217. The normalized spacial score (nSPS) is 15.0. The third-order valence-corrected chi connectivity index (χ3v) is 1.73. The van der Waals surface area contributed by atoms with Crippen LogP contribution in [0.4, 0.5) is 17.6 Å². The zero-order valence-corrected chi connectivity index (χ0v) is 7.57. The third-order valence-electron chi connectivity index (χ3n) is 0.916. The second-order valence-electron chi connectivity index (χ2n) is 1.98. The van der Waals surface area contributed by atoms with Gasteiger partial charge in [-0.15, -0.1) is 0 Å². The standard InChI is InChI=1S/C5H8F4O3P/c1-2-11-13(10)12-3-5(8,9)4(6)7/h4H,2-3H2,1H3/q-1. The Bertz CT molecular complexity index is 146. The maximum Gasteiger partial charge on any atom is 0.330 e. The van der Waals surface area contributed by atoms with Crippen LogP contribution in [0.2, 0.25) is 0 Å². The highest BCUT2D eigenvalue weighted by Gasteiger charge is 2.41. The van der Waals surface area contributed by atoms with Crippen molar-refractivity contribution in [3.63, 3.8) is 0 Å². The van der Waals surface area contributed by atoms with Crippen molar-refractivity contribution >= 4 is 8.60 Å². The molecule has 1 unspecified atom stereocenters. The fourth-order valence-corrected chi connectivity index (χ4v) is 0.907. The summed E-state index contributed by atoms with van der Waals surface area (Å²) < 4.78 is 55.2. The second kappa shape index (κ2) is 5.70. The van der Waals surface area contributed by atoms with Crippen molar-refractivity contribution in [1.82, 2.24) is 0 Å². The molecular formula is C5H8F4O3P-. The van der Waals surface area contributed by atoms with E-state index in [1.807, 2.05) is 0 Å². The van der Waals surface area contributed by atoms with Crippen LogP contribution >= 0.6 is 8.60 Å². The lowest BCUT2D eigenvalue weighted by Gasteiger charge is -2.24. The largest absolute Gasteiger partial charge is 0.786 e. The van der Waals surface area contributed by atoms with Gasteiger partial charge in [0.25, 0.3) is 0 Å². The SMILES string of the molecule is CCOP([O-])OCC(F)(F)C(F)F. The molecule has 3 nitrogen and oxygen atoms in total. The maximum absolute atomic E-state index is 12.1. The van der Waals surface area contributed by atoms with Gasteiger partial charge >= 0.3 is 12.3 Å². The first kappa shape index (κ1) is 13.0. The van der Waals surface area contributed by atoms with Gasteiger partial charge in [-0.1, -0.05) is 0 Å². The molecule has 13 heavy (non-hydrogen) atoms. The molecule has 0 aliphatic heterocycles. The first-order chi connectivity index (χ1) is 5.90. The summed E-state index contributed by atoms with van der Waals surface area (Å²) in [6.45, 7) is -0.156. The van der Waals surface area contributed by atoms with E-state index in [4.69, 9.17) is 0 Å². The Morgan fingerprint density at radius 1 is 1.38 bits per heavy atom. The van der Waals surface area contributed by atoms with Crippen LogP contribution in [-0.4, -0.2) is 25.6 Å². The van der Waals surface area contributed by atoms with E-state index in [1.165, 1.54) is 6.92 Å². The van der Waals surface area contributed by atoms with Gasteiger partial charge in [0, 0.05) is 6.61 Å².